The number of aliphatic hydroxyl groups is 2. The quantitative estimate of drug-likeness (QED) is 0.406. The average Bonchev–Trinajstić information content (AvgIpc) is 2.46. The van der Waals surface area contributed by atoms with Crippen molar-refractivity contribution >= 4 is 17.9 Å². The fourth-order valence-corrected chi connectivity index (χ4v) is 1.78. The van der Waals surface area contributed by atoms with Crippen LogP contribution in [0.4, 0.5) is 0 Å². The summed E-state index contributed by atoms with van der Waals surface area (Å²) < 4.78 is 8.91. The summed E-state index contributed by atoms with van der Waals surface area (Å²) in [4.78, 5) is 34.2. The maximum Gasteiger partial charge on any atom is 0.346 e. The van der Waals surface area contributed by atoms with E-state index in [1.165, 1.54) is 6.92 Å². The van der Waals surface area contributed by atoms with Crippen LogP contribution in [0.25, 0.3) is 0 Å². The zero-order chi connectivity index (χ0) is 15.1. The first-order chi connectivity index (χ1) is 9.47. The first-order valence-corrected chi connectivity index (χ1v) is 6.46. The topological polar surface area (TPSA) is 122 Å². The minimum absolute atomic E-state index is 0.00959. The van der Waals surface area contributed by atoms with E-state index in [-0.39, 0.29) is 6.61 Å². The third-order valence-electron chi connectivity index (χ3n) is 2.90. The van der Waals surface area contributed by atoms with Crippen LogP contribution in [0, 0.1) is 5.92 Å². The lowest BCUT2D eigenvalue weighted by Gasteiger charge is -2.21. The smallest absolute Gasteiger partial charge is 0.346 e. The van der Waals surface area contributed by atoms with Crippen molar-refractivity contribution in [2.24, 2.45) is 5.92 Å². The van der Waals surface area contributed by atoms with E-state index in [1.807, 2.05) is 0 Å². The molecule has 1 aliphatic heterocycles. The van der Waals surface area contributed by atoms with Gasteiger partial charge in [-0.2, -0.15) is 0 Å². The van der Waals surface area contributed by atoms with Crippen molar-refractivity contribution in [3.63, 3.8) is 0 Å². The van der Waals surface area contributed by atoms with Crippen LogP contribution in [-0.4, -0.2) is 60.0 Å². The SMILES string of the molecule is CCOC(=O)C(O)C(O)C(=O)OC(=O)C1CCCNC1. The molecule has 1 rings (SSSR count). The normalized spacial score (nSPS) is 21.6. The fraction of sp³-hybridized carbons (Fsp3) is 0.750. The van der Waals surface area contributed by atoms with Crippen LogP contribution < -0.4 is 5.32 Å². The van der Waals surface area contributed by atoms with Crippen molar-refractivity contribution < 1.29 is 34.1 Å². The molecule has 0 aromatic rings. The summed E-state index contributed by atoms with van der Waals surface area (Å²) in [5.41, 5.74) is 0. The number of esters is 3. The number of hydrogen-bond donors (Lipinski definition) is 3. The standard InChI is InChI=1S/C12H19NO7/c1-2-19-11(17)8(14)9(15)12(18)20-10(16)7-4-3-5-13-6-7/h7-9,13-15H,2-6H2,1H3. The van der Waals surface area contributed by atoms with Crippen molar-refractivity contribution in [2.45, 2.75) is 32.0 Å². The third kappa shape index (κ3) is 4.55. The molecule has 0 bridgehead atoms. The third-order valence-corrected chi connectivity index (χ3v) is 2.90. The summed E-state index contributed by atoms with van der Waals surface area (Å²) in [6.07, 6.45) is -2.85. The molecule has 0 aliphatic carbocycles. The maximum atomic E-state index is 11.6. The molecule has 0 spiro atoms. The molecule has 0 saturated carbocycles. The highest BCUT2D eigenvalue weighted by atomic mass is 16.6. The van der Waals surface area contributed by atoms with Crippen molar-refractivity contribution in [1.82, 2.24) is 5.32 Å². The average molecular weight is 289 g/mol. The minimum Gasteiger partial charge on any atom is -0.464 e. The van der Waals surface area contributed by atoms with Gasteiger partial charge in [-0.1, -0.05) is 0 Å². The van der Waals surface area contributed by atoms with Gasteiger partial charge in [-0.25, -0.2) is 9.59 Å². The number of carbonyl (C=O) groups is 3. The van der Waals surface area contributed by atoms with Crippen LogP contribution in [-0.2, 0) is 23.9 Å². The van der Waals surface area contributed by atoms with Crippen molar-refractivity contribution in [3.05, 3.63) is 0 Å². The summed E-state index contributed by atoms with van der Waals surface area (Å²) in [5.74, 6) is -3.76. The second kappa shape index (κ2) is 7.93. The van der Waals surface area contributed by atoms with Crippen LogP contribution in [0.3, 0.4) is 0 Å². The monoisotopic (exact) mass is 289 g/mol. The molecule has 0 radical (unpaired) electrons. The van der Waals surface area contributed by atoms with E-state index in [1.54, 1.807) is 0 Å². The van der Waals surface area contributed by atoms with Gasteiger partial charge in [-0.15, -0.1) is 0 Å². The van der Waals surface area contributed by atoms with E-state index in [4.69, 9.17) is 0 Å². The molecule has 3 atom stereocenters. The van der Waals surface area contributed by atoms with E-state index in [9.17, 15) is 24.6 Å². The minimum atomic E-state index is -2.14. The number of hydrogen-bond acceptors (Lipinski definition) is 8. The molecule has 1 saturated heterocycles. The molecule has 1 fully saturated rings. The highest BCUT2D eigenvalue weighted by molar-refractivity contribution is 5.92. The number of nitrogens with one attached hydrogen (secondary N) is 1. The Kier molecular flexibility index (Phi) is 6.56. The van der Waals surface area contributed by atoms with Gasteiger partial charge in [-0.05, 0) is 26.3 Å². The molecule has 0 aromatic heterocycles. The summed E-state index contributed by atoms with van der Waals surface area (Å²) in [6, 6.07) is 0. The molecule has 3 unspecified atom stereocenters. The fourth-order valence-electron chi connectivity index (χ4n) is 1.78. The highest BCUT2D eigenvalue weighted by Crippen LogP contribution is 2.12. The Morgan fingerprint density at radius 2 is 1.90 bits per heavy atom. The lowest BCUT2D eigenvalue weighted by atomic mass is 10.00. The van der Waals surface area contributed by atoms with Gasteiger partial charge in [0.2, 0.25) is 0 Å². The largest absolute Gasteiger partial charge is 0.464 e. The van der Waals surface area contributed by atoms with Gasteiger partial charge < -0.3 is 25.0 Å². The summed E-state index contributed by atoms with van der Waals surface area (Å²) in [6.45, 7) is 2.68. The van der Waals surface area contributed by atoms with Gasteiger partial charge in [0.1, 0.15) is 0 Å². The van der Waals surface area contributed by atoms with Gasteiger partial charge in [0, 0.05) is 6.54 Å². The number of piperidine rings is 1. The van der Waals surface area contributed by atoms with Crippen molar-refractivity contribution in [1.29, 1.82) is 0 Å². The predicted octanol–water partition coefficient (Wildman–Crippen LogP) is -1.66. The van der Waals surface area contributed by atoms with E-state index in [0.717, 1.165) is 13.0 Å². The Morgan fingerprint density at radius 1 is 1.25 bits per heavy atom. The van der Waals surface area contributed by atoms with Gasteiger partial charge >= 0.3 is 17.9 Å². The van der Waals surface area contributed by atoms with Crippen molar-refractivity contribution in [2.75, 3.05) is 19.7 Å². The Bertz CT molecular complexity index is 365. The van der Waals surface area contributed by atoms with E-state index in [0.29, 0.717) is 13.0 Å². The van der Waals surface area contributed by atoms with Crippen LogP contribution >= 0.6 is 0 Å². The molecule has 3 N–H and O–H groups in total. The zero-order valence-corrected chi connectivity index (χ0v) is 11.2. The van der Waals surface area contributed by atoms with Crippen LogP contribution in [0.2, 0.25) is 0 Å². The molecule has 0 amide bonds. The second-order valence-corrected chi connectivity index (χ2v) is 4.43. The molecule has 0 aromatic carbocycles. The van der Waals surface area contributed by atoms with Crippen LogP contribution in [0.5, 0.6) is 0 Å². The van der Waals surface area contributed by atoms with Gasteiger partial charge in [0.25, 0.3) is 0 Å². The highest BCUT2D eigenvalue weighted by Gasteiger charge is 2.35. The van der Waals surface area contributed by atoms with Gasteiger partial charge in [-0.3, -0.25) is 4.79 Å². The molecular formula is C12H19NO7. The number of aliphatic hydroxyl groups excluding tert-OH is 2. The molecule has 1 aliphatic rings. The lowest BCUT2D eigenvalue weighted by Crippen LogP contribution is -2.44. The van der Waals surface area contributed by atoms with E-state index in [2.05, 4.69) is 14.8 Å². The molecule has 20 heavy (non-hydrogen) atoms. The number of rotatable bonds is 5. The second-order valence-electron chi connectivity index (χ2n) is 4.43. The number of ether oxygens (including phenoxy) is 2. The predicted molar refractivity (Wildman–Crippen MR) is 65.3 cm³/mol. The maximum absolute atomic E-state index is 11.6. The molecule has 8 nitrogen and oxygen atoms in total. The Hall–Kier alpha value is -1.51. The summed E-state index contributed by atoms with van der Waals surface area (Å²) in [7, 11) is 0. The lowest BCUT2D eigenvalue weighted by molar-refractivity contribution is -0.179. The molecular weight excluding hydrogens is 270 g/mol. The Labute approximate surface area is 116 Å². The van der Waals surface area contributed by atoms with E-state index >= 15 is 0 Å². The first-order valence-electron chi connectivity index (χ1n) is 6.46. The van der Waals surface area contributed by atoms with Gasteiger partial charge in [0.15, 0.2) is 12.2 Å². The van der Waals surface area contributed by atoms with Crippen LogP contribution in [0.15, 0.2) is 0 Å². The molecule has 8 heteroatoms. The Morgan fingerprint density at radius 3 is 2.45 bits per heavy atom. The summed E-state index contributed by atoms with van der Waals surface area (Å²) in [5, 5.41) is 21.8. The first kappa shape index (κ1) is 16.5. The van der Waals surface area contributed by atoms with Crippen molar-refractivity contribution in [3.8, 4) is 0 Å². The summed E-state index contributed by atoms with van der Waals surface area (Å²) >= 11 is 0. The number of carbonyl (C=O) groups excluding carboxylic acids is 3. The molecule has 1 heterocycles. The molecule has 114 valence electrons. The van der Waals surface area contributed by atoms with E-state index < -0.39 is 36.0 Å². The Balaban J connectivity index is 2.48. The van der Waals surface area contributed by atoms with Crippen LogP contribution in [0.1, 0.15) is 19.8 Å². The van der Waals surface area contributed by atoms with Gasteiger partial charge in [0.05, 0.1) is 12.5 Å². The zero-order valence-electron chi connectivity index (χ0n) is 11.2.